The number of nitrogens with two attached hydrogens (primary N) is 1. The molecular weight excluding hydrogens is 268 g/mol. The van der Waals surface area contributed by atoms with E-state index in [1.807, 2.05) is 0 Å². The van der Waals surface area contributed by atoms with Gasteiger partial charge in [-0.15, -0.1) is 11.3 Å². The summed E-state index contributed by atoms with van der Waals surface area (Å²) >= 11 is 1.42. The molecule has 1 aliphatic heterocycles. The van der Waals surface area contributed by atoms with Crippen molar-refractivity contribution in [3.05, 3.63) is 16.3 Å². The van der Waals surface area contributed by atoms with Gasteiger partial charge in [0.15, 0.2) is 0 Å². The van der Waals surface area contributed by atoms with Crippen LogP contribution in [0.15, 0.2) is 16.3 Å². The summed E-state index contributed by atoms with van der Waals surface area (Å²) in [6.45, 7) is 3.86. The molecule has 4 nitrogen and oxygen atoms in total. The molecule has 2 rings (SSSR count). The first-order valence-corrected chi connectivity index (χ1v) is 8.63. The zero-order valence-electron chi connectivity index (χ0n) is 10.6. The fourth-order valence-corrected chi connectivity index (χ4v) is 4.87. The van der Waals surface area contributed by atoms with Crippen molar-refractivity contribution in [3.63, 3.8) is 0 Å². The second kappa shape index (κ2) is 5.69. The molecule has 0 aromatic carbocycles. The van der Waals surface area contributed by atoms with Crippen LogP contribution in [0.1, 0.15) is 31.1 Å². The highest BCUT2D eigenvalue weighted by molar-refractivity contribution is 7.89. The Hall–Kier alpha value is -0.430. The van der Waals surface area contributed by atoms with E-state index >= 15 is 0 Å². The van der Waals surface area contributed by atoms with Gasteiger partial charge in [0, 0.05) is 29.9 Å². The number of nitrogens with zero attached hydrogens (tertiary/aromatic N) is 1. The van der Waals surface area contributed by atoms with Gasteiger partial charge in [-0.3, -0.25) is 0 Å². The van der Waals surface area contributed by atoms with Gasteiger partial charge in [0.05, 0.1) is 4.90 Å². The first-order valence-electron chi connectivity index (χ1n) is 6.31. The molecule has 2 heterocycles. The maximum absolute atomic E-state index is 12.5. The molecule has 0 aliphatic carbocycles. The zero-order valence-corrected chi connectivity index (χ0v) is 12.3. The molecule has 1 fully saturated rings. The molecule has 1 saturated heterocycles. The summed E-state index contributed by atoms with van der Waals surface area (Å²) in [6, 6.07) is 1.70. The van der Waals surface area contributed by atoms with E-state index in [1.54, 1.807) is 15.8 Å². The summed E-state index contributed by atoms with van der Waals surface area (Å²) in [6.07, 6.45) is 3.02. The highest BCUT2D eigenvalue weighted by atomic mass is 32.2. The van der Waals surface area contributed by atoms with E-state index in [-0.39, 0.29) is 0 Å². The van der Waals surface area contributed by atoms with E-state index in [4.69, 9.17) is 5.73 Å². The van der Waals surface area contributed by atoms with Crippen LogP contribution in [0.4, 0.5) is 0 Å². The molecule has 1 aromatic heterocycles. The lowest BCUT2D eigenvalue weighted by molar-refractivity contribution is 0.417. The van der Waals surface area contributed by atoms with Gasteiger partial charge in [-0.05, 0) is 31.2 Å². The first kappa shape index (κ1) is 14.0. The van der Waals surface area contributed by atoms with Crippen molar-refractivity contribution in [1.82, 2.24) is 4.31 Å². The van der Waals surface area contributed by atoms with Crippen molar-refractivity contribution in [2.24, 2.45) is 11.7 Å². The van der Waals surface area contributed by atoms with Crippen molar-refractivity contribution in [2.45, 2.75) is 37.6 Å². The minimum Gasteiger partial charge on any atom is -0.326 e. The molecule has 6 heteroatoms. The van der Waals surface area contributed by atoms with Crippen LogP contribution in [-0.2, 0) is 16.6 Å². The Kier molecular flexibility index (Phi) is 4.42. The minimum absolute atomic E-state index is 0.400. The zero-order chi connectivity index (χ0) is 13.2. The predicted molar refractivity (Wildman–Crippen MR) is 74.0 cm³/mol. The Morgan fingerprint density at radius 1 is 1.44 bits per heavy atom. The van der Waals surface area contributed by atoms with Gasteiger partial charge in [0.1, 0.15) is 0 Å². The van der Waals surface area contributed by atoms with E-state index in [1.165, 1.54) is 11.3 Å². The molecule has 1 aromatic rings. The van der Waals surface area contributed by atoms with E-state index in [2.05, 4.69) is 6.92 Å². The third-order valence-electron chi connectivity index (χ3n) is 3.44. The molecular formula is C12H20N2O2S2. The van der Waals surface area contributed by atoms with Crippen LogP contribution in [-0.4, -0.2) is 25.8 Å². The Balaban J connectivity index is 2.19. The van der Waals surface area contributed by atoms with Crippen LogP contribution in [0.2, 0.25) is 0 Å². The number of hydrogen-bond acceptors (Lipinski definition) is 4. The predicted octanol–water partition coefficient (Wildman–Crippen LogP) is 2.02. The summed E-state index contributed by atoms with van der Waals surface area (Å²) < 4.78 is 26.6. The first-order chi connectivity index (χ1) is 8.54. The summed E-state index contributed by atoms with van der Waals surface area (Å²) in [5.41, 5.74) is 5.53. The molecule has 102 valence electrons. The van der Waals surface area contributed by atoms with Gasteiger partial charge in [-0.1, -0.05) is 6.92 Å². The smallest absolute Gasteiger partial charge is 0.243 e. The third-order valence-corrected chi connectivity index (χ3v) is 6.43. The SMILES string of the molecule is CC1CCCN(S(=O)(=O)c2csc(CN)c2)CC1. The molecule has 0 spiro atoms. The highest BCUT2D eigenvalue weighted by Crippen LogP contribution is 2.25. The average molecular weight is 288 g/mol. The Bertz CT molecular complexity index is 496. The van der Waals surface area contributed by atoms with E-state index in [9.17, 15) is 8.42 Å². The summed E-state index contributed by atoms with van der Waals surface area (Å²) in [4.78, 5) is 1.32. The summed E-state index contributed by atoms with van der Waals surface area (Å²) in [7, 11) is -3.31. The van der Waals surface area contributed by atoms with E-state index in [0.717, 1.165) is 24.1 Å². The lowest BCUT2D eigenvalue weighted by atomic mass is 10.0. The van der Waals surface area contributed by atoms with Crippen molar-refractivity contribution in [2.75, 3.05) is 13.1 Å². The Morgan fingerprint density at radius 2 is 2.22 bits per heavy atom. The van der Waals surface area contributed by atoms with Crippen LogP contribution >= 0.6 is 11.3 Å². The van der Waals surface area contributed by atoms with Crippen molar-refractivity contribution < 1.29 is 8.42 Å². The molecule has 0 bridgehead atoms. The molecule has 0 amide bonds. The van der Waals surface area contributed by atoms with Crippen molar-refractivity contribution >= 4 is 21.4 Å². The Labute approximate surface area is 113 Å². The standard InChI is InChI=1S/C12H20N2O2S2/c1-10-3-2-5-14(6-4-10)18(15,16)12-7-11(8-13)17-9-12/h7,9-10H,2-6,8,13H2,1H3. The van der Waals surface area contributed by atoms with Gasteiger partial charge in [-0.2, -0.15) is 4.31 Å². The summed E-state index contributed by atoms with van der Waals surface area (Å²) in [5, 5.41) is 1.70. The Morgan fingerprint density at radius 3 is 2.89 bits per heavy atom. The molecule has 18 heavy (non-hydrogen) atoms. The lowest BCUT2D eigenvalue weighted by Gasteiger charge is -2.19. The van der Waals surface area contributed by atoms with Gasteiger partial charge < -0.3 is 5.73 Å². The third kappa shape index (κ3) is 2.93. The minimum atomic E-state index is -3.31. The molecule has 1 atom stereocenters. The second-order valence-corrected chi connectivity index (χ2v) is 7.83. The fraction of sp³-hybridized carbons (Fsp3) is 0.667. The maximum atomic E-state index is 12.5. The van der Waals surface area contributed by atoms with Crippen LogP contribution in [0, 0.1) is 5.92 Å². The van der Waals surface area contributed by atoms with Crippen LogP contribution in [0.5, 0.6) is 0 Å². The molecule has 1 aliphatic rings. The van der Waals surface area contributed by atoms with Crippen LogP contribution in [0.25, 0.3) is 0 Å². The van der Waals surface area contributed by atoms with Crippen LogP contribution < -0.4 is 5.73 Å². The van der Waals surface area contributed by atoms with Gasteiger partial charge in [-0.25, -0.2) is 8.42 Å². The lowest BCUT2D eigenvalue weighted by Crippen LogP contribution is -2.31. The number of rotatable bonds is 3. The highest BCUT2D eigenvalue weighted by Gasteiger charge is 2.27. The largest absolute Gasteiger partial charge is 0.326 e. The number of sulfonamides is 1. The second-order valence-electron chi connectivity index (χ2n) is 4.89. The summed E-state index contributed by atoms with van der Waals surface area (Å²) in [5.74, 6) is 0.618. The van der Waals surface area contributed by atoms with Crippen molar-refractivity contribution in [3.8, 4) is 0 Å². The monoisotopic (exact) mass is 288 g/mol. The maximum Gasteiger partial charge on any atom is 0.243 e. The van der Waals surface area contributed by atoms with Gasteiger partial charge in [0.2, 0.25) is 10.0 Å². The molecule has 1 unspecified atom stereocenters. The number of hydrogen-bond donors (Lipinski definition) is 1. The molecule has 2 N–H and O–H groups in total. The van der Waals surface area contributed by atoms with Crippen molar-refractivity contribution in [1.29, 1.82) is 0 Å². The fourth-order valence-electron chi connectivity index (χ4n) is 2.23. The topological polar surface area (TPSA) is 63.4 Å². The molecule has 0 saturated carbocycles. The van der Waals surface area contributed by atoms with E-state index in [0.29, 0.717) is 30.4 Å². The van der Waals surface area contributed by atoms with Crippen LogP contribution in [0.3, 0.4) is 0 Å². The normalized spacial score (nSPS) is 22.9. The average Bonchev–Trinajstić information content (AvgIpc) is 2.72. The van der Waals surface area contributed by atoms with Gasteiger partial charge in [0.25, 0.3) is 0 Å². The van der Waals surface area contributed by atoms with Gasteiger partial charge >= 0.3 is 0 Å². The molecule has 0 radical (unpaired) electrons. The quantitative estimate of drug-likeness (QED) is 0.925. The number of thiophene rings is 1. The van der Waals surface area contributed by atoms with E-state index < -0.39 is 10.0 Å².